The van der Waals surface area contributed by atoms with Crippen LogP contribution in [0.1, 0.15) is 52.2 Å². The summed E-state index contributed by atoms with van der Waals surface area (Å²) in [5, 5.41) is 12.5. The summed E-state index contributed by atoms with van der Waals surface area (Å²) in [7, 11) is 0. The minimum atomic E-state index is -1.27. The van der Waals surface area contributed by atoms with Crippen LogP contribution in [0.5, 0.6) is 0 Å². The van der Waals surface area contributed by atoms with E-state index >= 15 is 0 Å². The predicted octanol–water partition coefficient (Wildman–Crippen LogP) is 2.70. The maximum absolute atomic E-state index is 14.9. The lowest BCUT2D eigenvalue weighted by Gasteiger charge is -2.20. The number of pyridine rings is 2. The smallest absolute Gasteiger partial charge is 0.341 e. The molecule has 0 radical (unpaired) electrons. The van der Waals surface area contributed by atoms with Crippen LogP contribution in [0.3, 0.4) is 0 Å². The first-order valence-corrected chi connectivity index (χ1v) is 8.51. The molecule has 2 aliphatic rings. The molecule has 0 spiro atoms. The number of hydrogen-bond acceptors (Lipinski definition) is 3. The topological polar surface area (TPSA) is 70.8 Å². The maximum atomic E-state index is 14.9. The third kappa shape index (κ3) is 2.57. The number of carbonyl (C=O) groups is 1. The second kappa shape index (κ2) is 5.81. The first kappa shape index (κ1) is 16.0. The highest BCUT2D eigenvalue weighted by molar-refractivity contribution is 5.89. The molecule has 1 aliphatic heterocycles. The molecule has 0 aromatic carbocycles. The zero-order valence-electron chi connectivity index (χ0n) is 13.9. The summed E-state index contributed by atoms with van der Waals surface area (Å²) in [6, 6.07) is 1.49. The Morgan fingerprint density at radius 1 is 1.40 bits per heavy atom. The van der Waals surface area contributed by atoms with Gasteiger partial charge in [0.2, 0.25) is 0 Å². The summed E-state index contributed by atoms with van der Waals surface area (Å²) in [5.41, 5.74) is 2.72. The molecule has 25 heavy (non-hydrogen) atoms. The van der Waals surface area contributed by atoms with Crippen LogP contribution in [0.15, 0.2) is 23.1 Å². The van der Waals surface area contributed by atoms with E-state index in [1.165, 1.54) is 10.5 Å². The number of fused-ring (bicyclic) bond motifs is 1. The van der Waals surface area contributed by atoms with Gasteiger partial charge in [0.25, 0.3) is 5.56 Å². The second-order valence-corrected chi connectivity index (χ2v) is 6.78. The molecule has 4 rings (SSSR count). The maximum Gasteiger partial charge on any atom is 0.341 e. The predicted molar refractivity (Wildman–Crippen MR) is 92.8 cm³/mol. The van der Waals surface area contributed by atoms with Crippen molar-refractivity contribution in [1.29, 1.82) is 0 Å². The van der Waals surface area contributed by atoms with Crippen LogP contribution < -0.4 is 10.9 Å². The Labute approximate surface area is 143 Å². The van der Waals surface area contributed by atoms with E-state index in [2.05, 4.69) is 5.32 Å². The zero-order chi connectivity index (χ0) is 17.7. The van der Waals surface area contributed by atoms with Gasteiger partial charge in [0.15, 0.2) is 0 Å². The third-order valence-electron chi connectivity index (χ3n) is 5.11. The molecule has 0 amide bonds. The molecule has 2 aromatic heterocycles. The van der Waals surface area contributed by atoms with E-state index in [0.29, 0.717) is 23.2 Å². The minimum Gasteiger partial charge on any atom is -0.477 e. The number of aromatic carboxylic acids is 1. The lowest BCUT2D eigenvalue weighted by atomic mass is 9.93. The number of nitrogens with one attached hydrogen (secondary N) is 1. The van der Waals surface area contributed by atoms with Crippen molar-refractivity contribution in [3.05, 3.63) is 56.8 Å². The quantitative estimate of drug-likeness (QED) is 0.900. The number of halogens is 1. The number of aryl methyl sites for hydroxylation is 1. The van der Waals surface area contributed by atoms with Gasteiger partial charge in [0, 0.05) is 18.3 Å². The van der Waals surface area contributed by atoms with Crippen LogP contribution in [0.2, 0.25) is 0 Å². The lowest BCUT2D eigenvalue weighted by Crippen LogP contribution is -2.25. The molecule has 2 N–H and O–H groups in total. The van der Waals surface area contributed by atoms with E-state index in [9.17, 15) is 19.1 Å². The highest BCUT2D eigenvalue weighted by atomic mass is 19.1. The Balaban J connectivity index is 2.08. The van der Waals surface area contributed by atoms with Gasteiger partial charge in [-0.25, -0.2) is 9.18 Å². The Morgan fingerprint density at radius 2 is 2.16 bits per heavy atom. The molecule has 130 valence electrons. The molecule has 5 nitrogen and oxygen atoms in total. The van der Waals surface area contributed by atoms with E-state index in [-0.39, 0.29) is 11.5 Å². The lowest BCUT2D eigenvalue weighted by molar-refractivity contribution is 0.0694. The average Bonchev–Trinajstić information content (AvgIpc) is 3.41. The van der Waals surface area contributed by atoms with Gasteiger partial charge in [0.1, 0.15) is 11.4 Å². The molecule has 0 saturated heterocycles. The largest absolute Gasteiger partial charge is 0.477 e. The van der Waals surface area contributed by atoms with Gasteiger partial charge in [-0.05, 0) is 61.4 Å². The van der Waals surface area contributed by atoms with Crippen LogP contribution in [0.25, 0.3) is 11.1 Å². The van der Waals surface area contributed by atoms with Crippen molar-refractivity contribution in [2.45, 2.75) is 32.1 Å². The highest BCUT2D eigenvalue weighted by Crippen LogP contribution is 2.43. The molecular weight excluding hydrogens is 323 g/mol. The van der Waals surface area contributed by atoms with Crippen LogP contribution >= 0.6 is 0 Å². The SMILES string of the molecule is Cc1c(C2=CCNCC2)c(F)cn2c(=O)c(C(=O)O)cc(C3CC3)c12. The van der Waals surface area contributed by atoms with E-state index in [0.717, 1.165) is 43.1 Å². The highest BCUT2D eigenvalue weighted by Gasteiger charge is 2.30. The van der Waals surface area contributed by atoms with Gasteiger partial charge in [-0.3, -0.25) is 9.20 Å². The summed E-state index contributed by atoms with van der Waals surface area (Å²) in [6.07, 6.45) is 5.79. The molecule has 0 unspecified atom stereocenters. The van der Waals surface area contributed by atoms with E-state index in [4.69, 9.17) is 0 Å². The first-order chi connectivity index (χ1) is 12.0. The van der Waals surface area contributed by atoms with E-state index < -0.39 is 17.3 Å². The summed E-state index contributed by atoms with van der Waals surface area (Å²) >= 11 is 0. The van der Waals surface area contributed by atoms with Gasteiger partial charge in [-0.2, -0.15) is 0 Å². The number of hydrogen-bond donors (Lipinski definition) is 2. The third-order valence-corrected chi connectivity index (χ3v) is 5.11. The van der Waals surface area contributed by atoms with Gasteiger partial charge >= 0.3 is 5.97 Å². The standard InChI is InChI=1S/C19H19FN2O3/c1-10-16(12-4-6-21-7-5-12)15(20)9-22-17(10)13(11-2-3-11)8-14(18(22)23)19(24)25/h4,8-9,11,21H,2-3,5-7H2,1H3,(H,24,25). The van der Waals surface area contributed by atoms with Gasteiger partial charge in [0.05, 0.1) is 5.52 Å². The normalized spacial score (nSPS) is 17.6. The molecule has 3 heterocycles. The zero-order valence-corrected chi connectivity index (χ0v) is 13.9. The summed E-state index contributed by atoms with van der Waals surface area (Å²) in [6.45, 7) is 3.30. The van der Waals surface area contributed by atoms with Crippen LogP contribution in [0, 0.1) is 12.7 Å². The van der Waals surface area contributed by atoms with Crippen molar-refractivity contribution in [2.75, 3.05) is 13.1 Å². The Morgan fingerprint density at radius 3 is 2.76 bits per heavy atom. The van der Waals surface area contributed by atoms with Crippen molar-refractivity contribution in [2.24, 2.45) is 0 Å². The Bertz CT molecular complexity index is 987. The fraction of sp³-hybridized carbons (Fsp3) is 0.368. The van der Waals surface area contributed by atoms with Crippen molar-refractivity contribution in [3.8, 4) is 0 Å². The monoisotopic (exact) mass is 342 g/mol. The molecule has 0 bridgehead atoms. The number of nitrogens with zero attached hydrogens (tertiary/aromatic N) is 1. The van der Waals surface area contributed by atoms with Crippen molar-refractivity contribution >= 4 is 17.1 Å². The van der Waals surface area contributed by atoms with Crippen LogP contribution in [-0.4, -0.2) is 28.6 Å². The summed E-state index contributed by atoms with van der Waals surface area (Å²) in [4.78, 5) is 24.0. The van der Waals surface area contributed by atoms with E-state index in [1.807, 2.05) is 13.0 Å². The number of aromatic nitrogens is 1. The van der Waals surface area contributed by atoms with Crippen molar-refractivity contribution in [3.63, 3.8) is 0 Å². The molecule has 2 aromatic rings. The fourth-order valence-corrected chi connectivity index (χ4v) is 3.75. The van der Waals surface area contributed by atoms with Crippen LogP contribution in [0.4, 0.5) is 4.39 Å². The minimum absolute atomic E-state index is 0.243. The van der Waals surface area contributed by atoms with Gasteiger partial charge in [-0.1, -0.05) is 6.08 Å². The van der Waals surface area contributed by atoms with Crippen molar-refractivity contribution in [1.82, 2.24) is 9.72 Å². The molecule has 1 aliphatic carbocycles. The number of rotatable bonds is 3. The summed E-state index contributed by atoms with van der Waals surface area (Å²) in [5.74, 6) is -1.51. The average molecular weight is 342 g/mol. The Kier molecular flexibility index (Phi) is 3.72. The van der Waals surface area contributed by atoms with E-state index in [1.54, 1.807) is 0 Å². The Hall–Kier alpha value is -2.47. The second-order valence-electron chi connectivity index (χ2n) is 6.78. The number of carboxylic acids is 1. The van der Waals surface area contributed by atoms with Crippen molar-refractivity contribution < 1.29 is 14.3 Å². The summed E-state index contributed by atoms with van der Waals surface area (Å²) < 4.78 is 16.0. The fourth-order valence-electron chi connectivity index (χ4n) is 3.75. The van der Waals surface area contributed by atoms with Gasteiger partial charge in [-0.15, -0.1) is 0 Å². The first-order valence-electron chi connectivity index (χ1n) is 8.51. The molecule has 0 atom stereocenters. The van der Waals surface area contributed by atoms with Gasteiger partial charge < -0.3 is 10.4 Å². The molecule has 1 saturated carbocycles. The number of carboxylic acid groups (broad SMARTS) is 1. The molecule has 6 heteroatoms. The van der Waals surface area contributed by atoms with Crippen LogP contribution in [-0.2, 0) is 0 Å². The molecular formula is C19H19FN2O3. The molecule has 1 fully saturated rings.